The van der Waals surface area contributed by atoms with Crippen molar-refractivity contribution in [1.29, 1.82) is 0 Å². The highest BCUT2D eigenvalue weighted by molar-refractivity contribution is 5.82. The Kier molecular flexibility index (Phi) is 2.72. The molecule has 0 saturated heterocycles. The van der Waals surface area contributed by atoms with Gasteiger partial charge in [0.25, 0.3) is 0 Å². The first kappa shape index (κ1) is 9.77. The van der Waals surface area contributed by atoms with Crippen molar-refractivity contribution in [3.63, 3.8) is 0 Å². The SMILES string of the molecule is CCCOc1ccc2cc(N)cnc2c1. The van der Waals surface area contributed by atoms with Gasteiger partial charge in [0, 0.05) is 11.5 Å². The second kappa shape index (κ2) is 4.17. The summed E-state index contributed by atoms with van der Waals surface area (Å²) in [7, 11) is 0. The van der Waals surface area contributed by atoms with Crippen LogP contribution in [0, 0.1) is 0 Å². The van der Waals surface area contributed by atoms with Crippen LogP contribution in [0.5, 0.6) is 5.75 Å². The Hall–Kier alpha value is -1.77. The van der Waals surface area contributed by atoms with Crippen LogP contribution in [-0.4, -0.2) is 11.6 Å². The van der Waals surface area contributed by atoms with E-state index in [1.54, 1.807) is 6.20 Å². The molecule has 0 amide bonds. The van der Waals surface area contributed by atoms with E-state index < -0.39 is 0 Å². The smallest absolute Gasteiger partial charge is 0.121 e. The molecule has 3 nitrogen and oxygen atoms in total. The molecule has 0 fully saturated rings. The normalized spacial score (nSPS) is 10.5. The van der Waals surface area contributed by atoms with Gasteiger partial charge in [0.05, 0.1) is 24.0 Å². The summed E-state index contributed by atoms with van der Waals surface area (Å²) in [6.07, 6.45) is 2.67. The topological polar surface area (TPSA) is 48.1 Å². The highest BCUT2D eigenvalue weighted by Gasteiger charge is 1.98. The maximum atomic E-state index is 5.65. The Morgan fingerprint density at radius 2 is 2.20 bits per heavy atom. The zero-order chi connectivity index (χ0) is 10.7. The van der Waals surface area contributed by atoms with Crippen LogP contribution < -0.4 is 10.5 Å². The predicted molar refractivity (Wildman–Crippen MR) is 61.9 cm³/mol. The van der Waals surface area contributed by atoms with Crippen LogP contribution in [0.1, 0.15) is 13.3 Å². The monoisotopic (exact) mass is 202 g/mol. The van der Waals surface area contributed by atoms with E-state index in [2.05, 4.69) is 11.9 Å². The van der Waals surface area contributed by atoms with E-state index >= 15 is 0 Å². The van der Waals surface area contributed by atoms with Gasteiger partial charge in [-0.25, -0.2) is 0 Å². The standard InChI is InChI=1S/C12H14N2O/c1-2-5-15-11-4-3-9-6-10(13)8-14-12(9)7-11/h3-4,6-8H,2,5,13H2,1H3. The van der Waals surface area contributed by atoms with Gasteiger partial charge >= 0.3 is 0 Å². The van der Waals surface area contributed by atoms with Gasteiger partial charge in [-0.05, 0) is 24.6 Å². The molecule has 0 aliphatic carbocycles. The van der Waals surface area contributed by atoms with Crippen molar-refractivity contribution in [1.82, 2.24) is 4.98 Å². The second-order valence-electron chi connectivity index (χ2n) is 3.47. The van der Waals surface area contributed by atoms with E-state index in [4.69, 9.17) is 10.5 Å². The maximum Gasteiger partial charge on any atom is 0.121 e. The average molecular weight is 202 g/mol. The third-order valence-corrected chi connectivity index (χ3v) is 2.15. The maximum absolute atomic E-state index is 5.65. The highest BCUT2D eigenvalue weighted by Crippen LogP contribution is 2.20. The van der Waals surface area contributed by atoms with Gasteiger partial charge in [-0.15, -0.1) is 0 Å². The number of benzene rings is 1. The molecule has 0 spiro atoms. The summed E-state index contributed by atoms with van der Waals surface area (Å²) < 4.78 is 5.52. The highest BCUT2D eigenvalue weighted by atomic mass is 16.5. The molecule has 78 valence electrons. The first-order valence-corrected chi connectivity index (χ1v) is 5.07. The van der Waals surface area contributed by atoms with Crippen LogP contribution in [0.2, 0.25) is 0 Å². The van der Waals surface area contributed by atoms with Crippen LogP contribution in [-0.2, 0) is 0 Å². The molecule has 2 aromatic rings. The van der Waals surface area contributed by atoms with Crippen LogP contribution in [0.4, 0.5) is 5.69 Å². The molecular formula is C12H14N2O. The Labute approximate surface area is 88.9 Å². The van der Waals surface area contributed by atoms with Crippen molar-refractivity contribution in [2.75, 3.05) is 12.3 Å². The van der Waals surface area contributed by atoms with Crippen molar-refractivity contribution >= 4 is 16.6 Å². The van der Waals surface area contributed by atoms with E-state index in [-0.39, 0.29) is 0 Å². The van der Waals surface area contributed by atoms with E-state index in [1.165, 1.54) is 0 Å². The predicted octanol–water partition coefficient (Wildman–Crippen LogP) is 2.61. The van der Waals surface area contributed by atoms with E-state index in [0.717, 1.165) is 29.7 Å². The van der Waals surface area contributed by atoms with Crippen LogP contribution in [0.3, 0.4) is 0 Å². The largest absolute Gasteiger partial charge is 0.494 e. The summed E-state index contributed by atoms with van der Waals surface area (Å²) in [5.74, 6) is 0.863. The van der Waals surface area contributed by atoms with Gasteiger partial charge in [-0.3, -0.25) is 4.98 Å². The van der Waals surface area contributed by atoms with Crippen molar-refractivity contribution in [3.05, 3.63) is 30.5 Å². The summed E-state index contributed by atoms with van der Waals surface area (Å²) in [6.45, 7) is 2.82. The number of hydrogen-bond donors (Lipinski definition) is 1. The molecule has 15 heavy (non-hydrogen) atoms. The molecule has 2 N–H and O–H groups in total. The number of anilines is 1. The second-order valence-corrected chi connectivity index (χ2v) is 3.47. The first-order valence-electron chi connectivity index (χ1n) is 5.07. The fourth-order valence-corrected chi connectivity index (χ4v) is 1.43. The third kappa shape index (κ3) is 2.18. The molecule has 1 heterocycles. The molecule has 1 aromatic carbocycles. The summed E-state index contributed by atoms with van der Waals surface area (Å²) in [5, 5.41) is 1.04. The minimum Gasteiger partial charge on any atom is -0.494 e. The number of aromatic nitrogens is 1. The van der Waals surface area contributed by atoms with Crippen molar-refractivity contribution in [2.24, 2.45) is 0 Å². The third-order valence-electron chi connectivity index (χ3n) is 2.15. The molecular weight excluding hydrogens is 188 g/mol. The number of pyridine rings is 1. The number of nitrogen functional groups attached to an aromatic ring is 1. The van der Waals surface area contributed by atoms with Crippen molar-refractivity contribution in [2.45, 2.75) is 13.3 Å². The lowest BCUT2D eigenvalue weighted by Gasteiger charge is -2.05. The lowest BCUT2D eigenvalue weighted by atomic mass is 10.2. The molecule has 0 atom stereocenters. The Balaban J connectivity index is 2.34. The zero-order valence-corrected chi connectivity index (χ0v) is 8.73. The molecule has 0 aliphatic heterocycles. The van der Waals surface area contributed by atoms with Gasteiger partial charge in [-0.1, -0.05) is 6.92 Å². The lowest BCUT2D eigenvalue weighted by molar-refractivity contribution is 0.318. The molecule has 0 bridgehead atoms. The minimum absolute atomic E-state index is 0.685. The molecule has 3 heteroatoms. The fraction of sp³-hybridized carbons (Fsp3) is 0.250. The minimum atomic E-state index is 0.685. The number of rotatable bonds is 3. The Morgan fingerprint density at radius 3 is 3.00 bits per heavy atom. The Morgan fingerprint density at radius 1 is 1.33 bits per heavy atom. The summed E-state index contributed by atoms with van der Waals surface area (Å²) in [6, 6.07) is 7.76. The molecule has 0 saturated carbocycles. The summed E-state index contributed by atoms with van der Waals surface area (Å²) >= 11 is 0. The average Bonchev–Trinajstić information content (AvgIpc) is 2.26. The molecule has 2 rings (SSSR count). The van der Waals surface area contributed by atoms with Gasteiger partial charge in [0.15, 0.2) is 0 Å². The summed E-state index contributed by atoms with van der Waals surface area (Å²) in [4.78, 5) is 4.24. The van der Waals surface area contributed by atoms with Crippen LogP contribution >= 0.6 is 0 Å². The van der Waals surface area contributed by atoms with Crippen molar-refractivity contribution in [3.8, 4) is 5.75 Å². The Bertz CT molecular complexity index is 468. The van der Waals surface area contributed by atoms with E-state index in [0.29, 0.717) is 5.69 Å². The quantitative estimate of drug-likeness (QED) is 0.832. The number of ether oxygens (including phenoxy) is 1. The van der Waals surface area contributed by atoms with Crippen LogP contribution in [0.15, 0.2) is 30.5 Å². The van der Waals surface area contributed by atoms with Gasteiger partial charge < -0.3 is 10.5 Å². The molecule has 1 aromatic heterocycles. The van der Waals surface area contributed by atoms with Gasteiger partial charge in [0.2, 0.25) is 0 Å². The van der Waals surface area contributed by atoms with E-state index in [9.17, 15) is 0 Å². The molecule has 0 radical (unpaired) electrons. The van der Waals surface area contributed by atoms with Gasteiger partial charge in [-0.2, -0.15) is 0 Å². The van der Waals surface area contributed by atoms with E-state index in [1.807, 2.05) is 24.3 Å². The molecule has 0 unspecified atom stereocenters. The number of nitrogens with zero attached hydrogens (tertiary/aromatic N) is 1. The summed E-state index contributed by atoms with van der Waals surface area (Å²) in [5.41, 5.74) is 7.25. The number of nitrogens with two attached hydrogens (primary N) is 1. The van der Waals surface area contributed by atoms with Crippen LogP contribution in [0.25, 0.3) is 10.9 Å². The molecule has 0 aliphatic rings. The van der Waals surface area contributed by atoms with Gasteiger partial charge in [0.1, 0.15) is 5.75 Å². The number of fused-ring (bicyclic) bond motifs is 1. The number of hydrogen-bond acceptors (Lipinski definition) is 3. The fourth-order valence-electron chi connectivity index (χ4n) is 1.43. The van der Waals surface area contributed by atoms with Crippen molar-refractivity contribution < 1.29 is 4.74 Å². The first-order chi connectivity index (χ1) is 7.29. The zero-order valence-electron chi connectivity index (χ0n) is 8.73. The lowest BCUT2D eigenvalue weighted by Crippen LogP contribution is -1.95.